The van der Waals surface area contributed by atoms with Gasteiger partial charge in [-0.05, 0) is 25.0 Å². The van der Waals surface area contributed by atoms with Crippen LogP contribution >= 0.6 is 0 Å². The number of unbranched alkanes of at least 4 members (excludes halogenated alkanes) is 5. The molecule has 0 aliphatic rings. The SMILES string of the molecule is CCCCCCCCc1ncccc1N. The minimum absolute atomic E-state index is 0.839. The Labute approximate surface area is 92.9 Å². The second-order valence-corrected chi connectivity index (χ2v) is 4.06. The minimum atomic E-state index is 0.839. The molecule has 0 amide bonds. The molecular weight excluding hydrogens is 184 g/mol. The summed E-state index contributed by atoms with van der Waals surface area (Å²) in [6.45, 7) is 2.24. The van der Waals surface area contributed by atoms with Gasteiger partial charge in [0.15, 0.2) is 0 Å². The van der Waals surface area contributed by atoms with Crippen molar-refractivity contribution in [3.05, 3.63) is 24.0 Å². The number of hydrogen-bond donors (Lipinski definition) is 1. The molecule has 2 N–H and O–H groups in total. The summed E-state index contributed by atoms with van der Waals surface area (Å²) >= 11 is 0. The van der Waals surface area contributed by atoms with Crippen LogP contribution in [0.4, 0.5) is 5.69 Å². The predicted molar refractivity (Wildman–Crippen MR) is 65.7 cm³/mol. The van der Waals surface area contributed by atoms with E-state index < -0.39 is 0 Å². The Balaban J connectivity index is 2.12. The van der Waals surface area contributed by atoms with Crippen molar-refractivity contribution < 1.29 is 0 Å². The van der Waals surface area contributed by atoms with Gasteiger partial charge >= 0.3 is 0 Å². The van der Waals surface area contributed by atoms with Gasteiger partial charge in [-0.25, -0.2) is 0 Å². The summed E-state index contributed by atoms with van der Waals surface area (Å²) in [4.78, 5) is 4.29. The van der Waals surface area contributed by atoms with Crippen LogP contribution in [0.15, 0.2) is 18.3 Å². The highest BCUT2D eigenvalue weighted by atomic mass is 14.7. The van der Waals surface area contributed by atoms with Crippen LogP contribution in [0.1, 0.15) is 51.1 Å². The molecule has 0 radical (unpaired) electrons. The van der Waals surface area contributed by atoms with Gasteiger partial charge in [0.1, 0.15) is 0 Å². The molecular formula is C13H22N2. The molecule has 1 heterocycles. The molecule has 0 saturated carbocycles. The molecule has 0 aliphatic carbocycles. The molecule has 2 nitrogen and oxygen atoms in total. The van der Waals surface area contributed by atoms with Crippen LogP contribution in [0.25, 0.3) is 0 Å². The van der Waals surface area contributed by atoms with Gasteiger partial charge in [0.2, 0.25) is 0 Å². The molecule has 0 saturated heterocycles. The van der Waals surface area contributed by atoms with Crippen LogP contribution in [0, 0.1) is 0 Å². The van der Waals surface area contributed by atoms with Crippen molar-refractivity contribution in [3.8, 4) is 0 Å². The Morgan fingerprint density at radius 1 is 1.13 bits per heavy atom. The first-order valence-electron chi connectivity index (χ1n) is 6.04. The maximum Gasteiger partial charge on any atom is 0.0632 e. The number of anilines is 1. The van der Waals surface area contributed by atoms with Gasteiger partial charge in [0.25, 0.3) is 0 Å². The van der Waals surface area contributed by atoms with Crippen LogP contribution < -0.4 is 5.73 Å². The van der Waals surface area contributed by atoms with E-state index in [1.54, 1.807) is 0 Å². The van der Waals surface area contributed by atoms with E-state index >= 15 is 0 Å². The average Bonchev–Trinajstić information content (AvgIpc) is 2.25. The van der Waals surface area contributed by atoms with Crippen LogP contribution in [0.2, 0.25) is 0 Å². The molecule has 0 atom stereocenters. The van der Waals surface area contributed by atoms with Crippen LogP contribution in [0.3, 0.4) is 0 Å². The van der Waals surface area contributed by atoms with Crippen molar-refractivity contribution in [3.63, 3.8) is 0 Å². The van der Waals surface area contributed by atoms with Gasteiger partial charge in [0.05, 0.1) is 11.4 Å². The highest BCUT2D eigenvalue weighted by Gasteiger charge is 1.98. The summed E-state index contributed by atoms with van der Waals surface area (Å²) in [6, 6.07) is 3.82. The highest BCUT2D eigenvalue weighted by Crippen LogP contribution is 2.12. The van der Waals surface area contributed by atoms with E-state index in [-0.39, 0.29) is 0 Å². The standard InChI is InChI=1S/C13H22N2/c1-2-3-4-5-6-7-10-13-12(14)9-8-11-15-13/h8-9,11H,2-7,10,14H2,1H3. The number of pyridine rings is 1. The summed E-state index contributed by atoms with van der Waals surface area (Å²) in [7, 11) is 0. The second-order valence-electron chi connectivity index (χ2n) is 4.06. The van der Waals surface area contributed by atoms with Crippen molar-refractivity contribution in [2.24, 2.45) is 0 Å². The molecule has 0 bridgehead atoms. The molecule has 0 aliphatic heterocycles. The molecule has 1 aromatic rings. The van der Waals surface area contributed by atoms with Crippen LogP contribution in [-0.4, -0.2) is 4.98 Å². The minimum Gasteiger partial charge on any atom is -0.397 e. The predicted octanol–water partition coefficient (Wildman–Crippen LogP) is 3.57. The lowest BCUT2D eigenvalue weighted by atomic mass is 10.1. The molecule has 2 heteroatoms. The fourth-order valence-electron chi connectivity index (χ4n) is 1.73. The van der Waals surface area contributed by atoms with Crippen molar-refractivity contribution in [1.29, 1.82) is 0 Å². The Morgan fingerprint density at radius 2 is 1.87 bits per heavy atom. The zero-order valence-electron chi connectivity index (χ0n) is 9.71. The second kappa shape index (κ2) is 7.27. The fourth-order valence-corrected chi connectivity index (χ4v) is 1.73. The largest absolute Gasteiger partial charge is 0.397 e. The monoisotopic (exact) mass is 206 g/mol. The molecule has 0 fully saturated rings. The quantitative estimate of drug-likeness (QED) is 0.693. The van der Waals surface area contributed by atoms with Crippen molar-refractivity contribution in [2.45, 2.75) is 51.9 Å². The highest BCUT2D eigenvalue weighted by molar-refractivity contribution is 5.41. The van der Waals surface area contributed by atoms with Crippen LogP contribution in [0.5, 0.6) is 0 Å². The Kier molecular flexibility index (Phi) is 5.83. The topological polar surface area (TPSA) is 38.9 Å². The van der Waals surface area contributed by atoms with Gasteiger partial charge in [-0.3, -0.25) is 4.98 Å². The molecule has 0 spiro atoms. The zero-order chi connectivity index (χ0) is 10.9. The number of aryl methyl sites for hydroxylation is 1. The van der Waals surface area contributed by atoms with E-state index in [4.69, 9.17) is 5.73 Å². The number of hydrogen-bond acceptors (Lipinski definition) is 2. The summed E-state index contributed by atoms with van der Waals surface area (Å²) in [5.74, 6) is 0. The lowest BCUT2D eigenvalue weighted by Crippen LogP contribution is -1.97. The summed E-state index contributed by atoms with van der Waals surface area (Å²) in [5.41, 5.74) is 7.72. The number of nitrogens with zero attached hydrogens (tertiary/aromatic N) is 1. The summed E-state index contributed by atoms with van der Waals surface area (Å²) in [5, 5.41) is 0. The van der Waals surface area contributed by atoms with E-state index in [0.717, 1.165) is 17.8 Å². The Morgan fingerprint density at radius 3 is 2.60 bits per heavy atom. The van der Waals surface area contributed by atoms with Gasteiger partial charge in [-0.15, -0.1) is 0 Å². The summed E-state index contributed by atoms with van der Waals surface area (Å²) < 4.78 is 0. The Hall–Kier alpha value is -1.05. The lowest BCUT2D eigenvalue weighted by Gasteiger charge is -2.03. The van der Waals surface area contributed by atoms with Gasteiger partial charge in [-0.2, -0.15) is 0 Å². The Bertz CT molecular complexity index is 271. The van der Waals surface area contributed by atoms with Crippen molar-refractivity contribution in [1.82, 2.24) is 4.98 Å². The molecule has 15 heavy (non-hydrogen) atoms. The first-order chi connectivity index (χ1) is 7.34. The van der Waals surface area contributed by atoms with Gasteiger partial charge < -0.3 is 5.73 Å². The number of nitrogens with two attached hydrogens (primary N) is 1. The third kappa shape index (κ3) is 4.82. The van der Waals surface area contributed by atoms with Gasteiger partial charge in [0, 0.05) is 6.20 Å². The molecule has 1 aromatic heterocycles. The zero-order valence-corrected chi connectivity index (χ0v) is 9.71. The number of nitrogen functional groups attached to an aromatic ring is 1. The van der Waals surface area contributed by atoms with E-state index in [1.165, 1.54) is 38.5 Å². The summed E-state index contributed by atoms with van der Waals surface area (Å²) in [6.07, 6.45) is 10.8. The molecule has 84 valence electrons. The fraction of sp³-hybridized carbons (Fsp3) is 0.615. The maximum absolute atomic E-state index is 5.82. The third-order valence-corrected chi connectivity index (χ3v) is 2.69. The van der Waals surface area contributed by atoms with E-state index in [9.17, 15) is 0 Å². The molecule has 0 unspecified atom stereocenters. The molecule has 1 rings (SSSR count). The van der Waals surface area contributed by atoms with E-state index in [0.29, 0.717) is 0 Å². The first-order valence-corrected chi connectivity index (χ1v) is 6.04. The normalized spacial score (nSPS) is 10.5. The molecule has 0 aromatic carbocycles. The first kappa shape index (κ1) is 12.0. The van der Waals surface area contributed by atoms with Crippen molar-refractivity contribution in [2.75, 3.05) is 5.73 Å². The average molecular weight is 206 g/mol. The maximum atomic E-state index is 5.82. The van der Waals surface area contributed by atoms with Crippen LogP contribution in [-0.2, 0) is 6.42 Å². The third-order valence-electron chi connectivity index (χ3n) is 2.69. The van der Waals surface area contributed by atoms with E-state index in [1.807, 2.05) is 18.3 Å². The van der Waals surface area contributed by atoms with Crippen molar-refractivity contribution >= 4 is 5.69 Å². The number of aromatic nitrogens is 1. The number of rotatable bonds is 7. The smallest absolute Gasteiger partial charge is 0.0632 e. The van der Waals surface area contributed by atoms with Gasteiger partial charge in [-0.1, -0.05) is 39.0 Å². The van der Waals surface area contributed by atoms with E-state index in [2.05, 4.69) is 11.9 Å². The lowest BCUT2D eigenvalue weighted by molar-refractivity contribution is 0.605.